The third-order valence-corrected chi connectivity index (χ3v) is 5.68. The molecular weight excluding hydrogens is 354 g/mol. The molecule has 8 nitrogen and oxygen atoms in total. The lowest BCUT2D eigenvalue weighted by molar-refractivity contribution is 0.277. The lowest BCUT2D eigenvalue weighted by atomic mass is 9.99. The van der Waals surface area contributed by atoms with Crippen molar-refractivity contribution in [3.63, 3.8) is 0 Å². The largest absolute Gasteiger partial charge is 0.390 e. The van der Waals surface area contributed by atoms with E-state index in [1.807, 2.05) is 31.2 Å². The number of rotatable bonds is 5. The molecule has 2 saturated heterocycles. The van der Waals surface area contributed by atoms with Gasteiger partial charge in [0.05, 0.1) is 17.8 Å². The summed E-state index contributed by atoms with van der Waals surface area (Å²) >= 11 is 0. The summed E-state index contributed by atoms with van der Waals surface area (Å²) in [6, 6.07) is 9.28. The number of piperidine rings is 1. The quantitative estimate of drug-likeness (QED) is 0.463. The van der Waals surface area contributed by atoms with E-state index >= 15 is 0 Å². The normalized spacial score (nSPS) is 23.9. The van der Waals surface area contributed by atoms with E-state index in [4.69, 9.17) is 4.98 Å². The first-order valence-corrected chi connectivity index (χ1v) is 9.89. The highest BCUT2D eigenvalue weighted by Gasteiger charge is 2.33. The molecular formula is C20H25N7O. The van der Waals surface area contributed by atoms with Crippen LogP contribution < -0.4 is 16.0 Å². The van der Waals surface area contributed by atoms with E-state index in [1.165, 1.54) is 12.8 Å². The van der Waals surface area contributed by atoms with Crippen LogP contribution >= 0.6 is 0 Å². The van der Waals surface area contributed by atoms with Crippen LogP contribution in [0.15, 0.2) is 24.3 Å². The highest BCUT2D eigenvalue weighted by molar-refractivity contribution is 5.91. The molecule has 1 unspecified atom stereocenters. The van der Waals surface area contributed by atoms with Gasteiger partial charge >= 0.3 is 0 Å². The van der Waals surface area contributed by atoms with Crippen molar-refractivity contribution in [2.24, 2.45) is 0 Å². The summed E-state index contributed by atoms with van der Waals surface area (Å²) in [6.45, 7) is 1.87. The van der Waals surface area contributed by atoms with E-state index in [-0.39, 0.29) is 6.61 Å². The van der Waals surface area contributed by atoms with Crippen LogP contribution in [0.3, 0.4) is 0 Å². The molecule has 146 valence electrons. The molecule has 8 heteroatoms. The predicted octanol–water partition coefficient (Wildman–Crippen LogP) is 2.59. The van der Waals surface area contributed by atoms with E-state index in [9.17, 15) is 5.11 Å². The number of nitrogens with zero attached hydrogens (tertiary/aromatic N) is 3. The number of aliphatic hydroxyl groups excluding tert-OH is 1. The number of nitrogens with one attached hydrogen (secondary N) is 4. The van der Waals surface area contributed by atoms with Crippen LogP contribution in [0.4, 0.5) is 17.5 Å². The fourth-order valence-electron chi connectivity index (χ4n) is 4.41. The van der Waals surface area contributed by atoms with Gasteiger partial charge in [0.15, 0.2) is 5.82 Å². The van der Waals surface area contributed by atoms with Gasteiger partial charge in [-0.2, -0.15) is 5.10 Å². The molecule has 2 aliphatic heterocycles. The predicted molar refractivity (Wildman–Crippen MR) is 109 cm³/mol. The Balaban J connectivity index is 1.49. The van der Waals surface area contributed by atoms with Gasteiger partial charge in [-0.05, 0) is 44.7 Å². The Morgan fingerprint density at radius 1 is 1.11 bits per heavy atom. The number of aryl methyl sites for hydroxylation is 1. The first-order valence-electron chi connectivity index (χ1n) is 9.89. The maximum atomic E-state index is 9.47. The molecule has 0 radical (unpaired) electrons. The van der Waals surface area contributed by atoms with Crippen LogP contribution in [0.2, 0.25) is 0 Å². The molecule has 5 N–H and O–H groups in total. The van der Waals surface area contributed by atoms with Crippen molar-refractivity contribution in [1.82, 2.24) is 25.5 Å². The van der Waals surface area contributed by atoms with Crippen molar-refractivity contribution >= 4 is 28.4 Å². The molecule has 0 saturated carbocycles. The molecule has 28 heavy (non-hydrogen) atoms. The highest BCUT2D eigenvalue weighted by atomic mass is 16.3. The van der Waals surface area contributed by atoms with Gasteiger partial charge in [0.2, 0.25) is 0 Å². The van der Waals surface area contributed by atoms with Crippen molar-refractivity contribution in [3.05, 3.63) is 35.7 Å². The fourth-order valence-corrected chi connectivity index (χ4v) is 4.41. The molecule has 0 amide bonds. The minimum atomic E-state index is -0.0833. The first kappa shape index (κ1) is 17.4. The van der Waals surface area contributed by atoms with Gasteiger partial charge < -0.3 is 21.1 Å². The van der Waals surface area contributed by atoms with Crippen LogP contribution in [0.1, 0.15) is 37.1 Å². The smallest absolute Gasteiger partial charge is 0.153 e. The first-order chi connectivity index (χ1) is 13.7. The van der Waals surface area contributed by atoms with Crippen molar-refractivity contribution < 1.29 is 5.11 Å². The maximum absolute atomic E-state index is 9.47. The fraction of sp³-hybridized carbons (Fsp3) is 0.450. The van der Waals surface area contributed by atoms with Crippen LogP contribution in [-0.4, -0.2) is 43.4 Å². The maximum Gasteiger partial charge on any atom is 0.153 e. The van der Waals surface area contributed by atoms with Gasteiger partial charge in [-0.3, -0.25) is 10.1 Å². The van der Waals surface area contributed by atoms with Crippen molar-refractivity contribution in [2.75, 3.05) is 10.6 Å². The zero-order chi connectivity index (χ0) is 19.1. The molecule has 2 fully saturated rings. The number of hydrogen-bond acceptors (Lipinski definition) is 7. The zero-order valence-corrected chi connectivity index (χ0v) is 15.9. The van der Waals surface area contributed by atoms with Gasteiger partial charge in [0.25, 0.3) is 0 Å². The average Bonchev–Trinajstić information content (AvgIpc) is 3.25. The lowest BCUT2D eigenvalue weighted by Gasteiger charge is -2.30. The Hall–Kier alpha value is -2.71. The third-order valence-electron chi connectivity index (χ3n) is 5.68. The van der Waals surface area contributed by atoms with Crippen LogP contribution in [0.25, 0.3) is 10.9 Å². The summed E-state index contributed by atoms with van der Waals surface area (Å²) in [6.07, 6.45) is 4.74. The summed E-state index contributed by atoms with van der Waals surface area (Å²) in [5.41, 5.74) is 2.43. The third kappa shape index (κ3) is 3.41. The Morgan fingerprint density at radius 3 is 2.64 bits per heavy atom. The SMILES string of the molecule is Cc1cc(Nc2cc3nc(CO)ccc3c(NC3C[C@H]4CC[C@@H](C3)N4)n2)n[nH]1. The number of fused-ring (bicyclic) bond motifs is 3. The van der Waals surface area contributed by atoms with E-state index in [0.717, 1.165) is 35.3 Å². The summed E-state index contributed by atoms with van der Waals surface area (Å²) in [4.78, 5) is 9.41. The highest BCUT2D eigenvalue weighted by Crippen LogP contribution is 2.31. The van der Waals surface area contributed by atoms with Gasteiger partial charge in [-0.15, -0.1) is 0 Å². The molecule has 0 aromatic carbocycles. The number of aliphatic hydroxyl groups is 1. The number of anilines is 3. The Bertz CT molecular complexity index is 989. The van der Waals surface area contributed by atoms with Crippen LogP contribution in [0, 0.1) is 6.92 Å². The van der Waals surface area contributed by atoms with Crippen molar-refractivity contribution in [1.29, 1.82) is 0 Å². The molecule has 5 heterocycles. The number of hydrogen-bond donors (Lipinski definition) is 5. The van der Waals surface area contributed by atoms with E-state index in [0.29, 0.717) is 35.5 Å². The van der Waals surface area contributed by atoms with Gasteiger partial charge in [0.1, 0.15) is 11.6 Å². The summed E-state index contributed by atoms with van der Waals surface area (Å²) in [5, 5.41) is 28.2. The van der Waals surface area contributed by atoms with Crippen LogP contribution in [-0.2, 0) is 6.61 Å². The minimum absolute atomic E-state index is 0.0833. The molecule has 0 aliphatic carbocycles. The van der Waals surface area contributed by atoms with E-state index < -0.39 is 0 Å². The summed E-state index contributed by atoms with van der Waals surface area (Å²) in [5.74, 6) is 2.23. The van der Waals surface area contributed by atoms with Gasteiger partial charge in [0, 0.05) is 41.3 Å². The second kappa shape index (κ2) is 7.03. The Kier molecular flexibility index (Phi) is 4.37. The number of pyridine rings is 2. The second-order valence-corrected chi connectivity index (χ2v) is 7.90. The summed E-state index contributed by atoms with van der Waals surface area (Å²) < 4.78 is 0. The molecule has 2 aliphatic rings. The van der Waals surface area contributed by atoms with E-state index in [1.54, 1.807) is 0 Å². The lowest BCUT2D eigenvalue weighted by Crippen LogP contribution is -2.43. The Morgan fingerprint density at radius 2 is 1.93 bits per heavy atom. The number of aromatic amines is 1. The zero-order valence-electron chi connectivity index (χ0n) is 15.9. The molecule has 3 aromatic rings. The van der Waals surface area contributed by atoms with E-state index in [2.05, 4.69) is 31.1 Å². The van der Waals surface area contributed by atoms with Gasteiger partial charge in [-0.1, -0.05) is 0 Å². The minimum Gasteiger partial charge on any atom is -0.390 e. The molecule has 2 bridgehead atoms. The van der Waals surface area contributed by atoms with Crippen molar-refractivity contribution in [3.8, 4) is 0 Å². The van der Waals surface area contributed by atoms with Crippen molar-refractivity contribution in [2.45, 2.75) is 57.3 Å². The van der Waals surface area contributed by atoms with Crippen LogP contribution in [0.5, 0.6) is 0 Å². The monoisotopic (exact) mass is 379 g/mol. The molecule has 3 atom stereocenters. The Labute approximate surface area is 163 Å². The topological polar surface area (TPSA) is 111 Å². The summed E-state index contributed by atoms with van der Waals surface area (Å²) in [7, 11) is 0. The molecule has 5 rings (SSSR count). The number of H-pyrrole nitrogens is 1. The van der Waals surface area contributed by atoms with Gasteiger partial charge in [-0.25, -0.2) is 4.98 Å². The number of aromatic nitrogens is 4. The average molecular weight is 379 g/mol. The standard InChI is InChI=1S/C20H25N7O/c1-11-6-19(27-26-11)24-18-9-17-16(5-4-14(10-28)22-17)20(25-18)23-15-7-12-2-3-13(8-15)21-12/h4-6,9,12-13,15,21,28H,2-3,7-8,10H2,1H3,(H3,23,24,25,26,27)/t12-,13+,15?. The molecule has 3 aromatic heterocycles. The second-order valence-electron chi connectivity index (χ2n) is 7.90. The molecule has 0 spiro atoms.